The van der Waals surface area contributed by atoms with Gasteiger partial charge >= 0.3 is 0 Å². The Kier molecular flexibility index (Phi) is 5.27. The molecule has 3 heteroatoms. The van der Waals surface area contributed by atoms with Crippen LogP contribution in [0.5, 0.6) is 0 Å². The molecule has 0 aromatic carbocycles. The van der Waals surface area contributed by atoms with E-state index in [0.29, 0.717) is 6.04 Å². The Balaban J connectivity index is 2.08. The Bertz CT molecular complexity index is 212. The van der Waals surface area contributed by atoms with Crippen molar-refractivity contribution in [1.82, 2.24) is 5.32 Å². The van der Waals surface area contributed by atoms with Gasteiger partial charge in [-0.2, -0.15) is 0 Å². The third-order valence-corrected chi connectivity index (χ3v) is 4.29. The smallest absolute Gasteiger partial charge is 0.0246 e. The van der Waals surface area contributed by atoms with Gasteiger partial charge in [-0.1, -0.05) is 13.8 Å². The van der Waals surface area contributed by atoms with E-state index >= 15 is 0 Å². The summed E-state index contributed by atoms with van der Waals surface area (Å²) in [5.74, 6) is 2.59. The van der Waals surface area contributed by atoms with Crippen molar-refractivity contribution in [3.8, 4) is 0 Å². The first kappa shape index (κ1) is 13.2. The SMILES string of the molecule is CC(CCS(C)=O)NC1CC(C(C)C)C1. The van der Waals surface area contributed by atoms with Crippen LogP contribution in [0.25, 0.3) is 0 Å². The van der Waals surface area contributed by atoms with Crippen molar-refractivity contribution >= 4 is 10.8 Å². The number of hydrogen-bond acceptors (Lipinski definition) is 2. The van der Waals surface area contributed by atoms with E-state index in [1.165, 1.54) is 12.8 Å². The summed E-state index contributed by atoms with van der Waals surface area (Å²) in [5, 5.41) is 3.62. The van der Waals surface area contributed by atoms with Crippen molar-refractivity contribution in [2.45, 2.75) is 52.1 Å². The first-order valence-electron chi connectivity index (χ1n) is 6.05. The van der Waals surface area contributed by atoms with E-state index in [0.717, 1.165) is 30.1 Å². The predicted octanol–water partition coefficient (Wildman–Crippen LogP) is 2.17. The van der Waals surface area contributed by atoms with Crippen LogP contribution >= 0.6 is 0 Å². The molecule has 0 amide bonds. The normalized spacial score (nSPS) is 29.9. The number of rotatable bonds is 6. The molecule has 1 fully saturated rings. The molecule has 15 heavy (non-hydrogen) atoms. The third kappa shape index (κ3) is 4.64. The Labute approximate surface area is 96.7 Å². The largest absolute Gasteiger partial charge is 0.311 e. The Morgan fingerprint density at radius 1 is 1.33 bits per heavy atom. The Morgan fingerprint density at radius 3 is 2.40 bits per heavy atom. The number of hydrogen-bond donors (Lipinski definition) is 1. The summed E-state index contributed by atoms with van der Waals surface area (Å²) in [7, 11) is -0.639. The maximum Gasteiger partial charge on any atom is 0.0246 e. The van der Waals surface area contributed by atoms with Gasteiger partial charge in [-0.3, -0.25) is 4.21 Å². The first-order valence-corrected chi connectivity index (χ1v) is 7.77. The lowest BCUT2D eigenvalue weighted by Gasteiger charge is -2.40. The van der Waals surface area contributed by atoms with Crippen LogP contribution < -0.4 is 5.32 Å². The maximum absolute atomic E-state index is 10.9. The van der Waals surface area contributed by atoms with Gasteiger partial charge in [0.25, 0.3) is 0 Å². The molecule has 2 atom stereocenters. The highest BCUT2D eigenvalue weighted by Gasteiger charge is 2.31. The van der Waals surface area contributed by atoms with Crippen LogP contribution in [0, 0.1) is 11.8 Å². The monoisotopic (exact) mass is 231 g/mol. The second kappa shape index (κ2) is 6.00. The molecule has 0 saturated heterocycles. The van der Waals surface area contributed by atoms with Crippen molar-refractivity contribution in [3.63, 3.8) is 0 Å². The van der Waals surface area contributed by atoms with Gasteiger partial charge < -0.3 is 5.32 Å². The molecular weight excluding hydrogens is 206 g/mol. The van der Waals surface area contributed by atoms with Gasteiger partial charge in [0.2, 0.25) is 0 Å². The van der Waals surface area contributed by atoms with Gasteiger partial charge in [0.05, 0.1) is 0 Å². The van der Waals surface area contributed by atoms with Crippen LogP contribution in [0.3, 0.4) is 0 Å². The number of nitrogens with one attached hydrogen (secondary N) is 1. The van der Waals surface area contributed by atoms with Crippen molar-refractivity contribution in [1.29, 1.82) is 0 Å². The molecule has 1 N–H and O–H groups in total. The fourth-order valence-corrected chi connectivity index (χ4v) is 2.86. The summed E-state index contributed by atoms with van der Waals surface area (Å²) in [6.45, 7) is 6.82. The van der Waals surface area contributed by atoms with E-state index in [1.807, 2.05) is 0 Å². The minimum Gasteiger partial charge on any atom is -0.311 e. The quantitative estimate of drug-likeness (QED) is 0.759. The van der Waals surface area contributed by atoms with Crippen LogP contribution in [0.1, 0.15) is 40.0 Å². The summed E-state index contributed by atoms with van der Waals surface area (Å²) in [6, 6.07) is 1.24. The van der Waals surface area contributed by atoms with Gasteiger partial charge in [-0.25, -0.2) is 0 Å². The zero-order valence-corrected chi connectivity index (χ0v) is 11.3. The molecule has 1 rings (SSSR count). The third-order valence-electron chi connectivity index (χ3n) is 3.48. The molecule has 90 valence electrons. The summed E-state index contributed by atoms with van der Waals surface area (Å²) in [5.41, 5.74) is 0. The Morgan fingerprint density at radius 2 is 1.93 bits per heavy atom. The molecule has 0 aromatic heterocycles. The van der Waals surface area contributed by atoms with Crippen LogP contribution in [0.15, 0.2) is 0 Å². The molecule has 0 spiro atoms. The lowest BCUT2D eigenvalue weighted by Crippen LogP contribution is -2.46. The van der Waals surface area contributed by atoms with E-state index in [1.54, 1.807) is 6.26 Å². The predicted molar refractivity (Wildman–Crippen MR) is 67.5 cm³/mol. The molecular formula is C12H25NOS. The lowest BCUT2D eigenvalue weighted by atomic mass is 9.73. The van der Waals surface area contributed by atoms with Crippen LogP contribution in [0.2, 0.25) is 0 Å². The van der Waals surface area contributed by atoms with Gasteiger partial charge in [-0.15, -0.1) is 0 Å². The molecule has 0 bridgehead atoms. The van der Waals surface area contributed by atoms with Gasteiger partial charge in [0.1, 0.15) is 0 Å². The fraction of sp³-hybridized carbons (Fsp3) is 1.00. The molecule has 1 aliphatic carbocycles. The zero-order valence-electron chi connectivity index (χ0n) is 10.5. The minimum atomic E-state index is -0.639. The van der Waals surface area contributed by atoms with Crippen LogP contribution in [0.4, 0.5) is 0 Å². The van der Waals surface area contributed by atoms with Crippen LogP contribution in [-0.2, 0) is 10.8 Å². The van der Waals surface area contributed by atoms with Crippen molar-refractivity contribution in [2.24, 2.45) is 11.8 Å². The average Bonchev–Trinajstić information content (AvgIpc) is 2.06. The zero-order chi connectivity index (χ0) is 11.4. The second-order valence-electron chi connectivity index (χ2n) is 5.31. The van der Waals surface area contributed by atoms with Crippen molar-refractivity contribution < 1.29 is 4.21 Å². The maximum atomic E-state index is 10.9. The molecule has 1 aliphatic rings. The van der Waals surface area contributed by atoms with Gasteiger partial charge in [-0.05, 0) is 38.0 Å². The fourth-order valence-electron chi connectivity index (χ4n) is 2.17. The molecule has 1 saturated carbocycles. The molecule has 2 nitrogen and oxygen atoms in total. The van der Waals surface area contributed by atoms with Crippen LogP contribution in [-0.4, -0.2) is 28.3 Å². The molecule has 0 heterocycles. The topological polar surface area (TPSA) is 29.1 Å². The highest BCUT2D eigenvalue weighted by Crippen LogP contribution is 2.33. The second-order valence-corrected chi connectivity index (χ2v) is 6.86. The van der Waals surface area contributed by atoms with E-state index in [-0.39, 0.29) is 0 Å². The van der Waals surface area contributed by atoms with E-state index in [2.05, 4.69) is 26.1 Å². The molecule has 0 aromatic rings. The molecule has 0 radical (unpaired) electrons. The summed E-state index contributed by atoms with van der Waals surface area (Å²) >= 11 is 0. The van der Waals surface area contributed by atoms with E-state index in [9.17, 15) is 4.21 Å². The summed E-state index contributed by atoms with van der Waals surface area (Å²) < 4.78 is 10.9. The summed E-state index contributed by atoms with van der Waals surface area (Å²) in [4.78, 5) is 0. The van der Waals surface area contributed by atoms with Gasteiger partial charge in [0.15, 0.2) is 0 Å². The highest BCUT2D eigenvalue weighted by molar-refractivity contribution is 7.84. The minimum absolute atomic E-state index is 0.520. The lowest BCUT2D eigenvalue weighted by molar-refractivity contribution is 0.158. The summed E-state index contributed by atoms with van der Waals surface area (Å²) in [6.07, 6.45) is 5.48. The molecule has 0 aliphatic heterocycles. The van der Waals surface area contributed by atoms with E-state index < -0.39 is 10.8 Å². The van der Waals surface area contributed by atoms with E-state index in [4.69, 9.17) is 0 Å². The van der Waals surface area contributed by atoms with Crippen molar-refractivity contribution in [2.75, 3.05) is 12.0 Å². The first-order chi connectivity index (χ1) is 6.99. The average molecular weight is 231 g/mol. The van der Waals surface area contributed by atoms with Crippen molar-refractivity contribution in [3.05, 3.63) is 0 Å². The molecule has 2 unspecified atom stereocenters. The standard InChI is InChI=1S/C12H25NOS/c1-9(2)11-7-12(8-11)13-10(3)5-6-15(4)14/h9-13H,5-8H2,1-4H3. The Hall–Kier alpha value is 0.110. The highest BCUT2D eigenvalue weighted by atomic mass is 32.2. The van der Waals surface area contributed by atoms with Gasteiger partial charge in [0, 0.05) is 34.9 Å².